The van der Waals surface area contributed by atoms with Gasteiger partial charge in [0.25, 0.3) is 5.91 Å². The number of carboxylic acid groups (broad SMARTS) is 1. The molecule has 0 fully saturated rings. The number of hydrogen-bond donors (Lipinski definition) is 2. The number of aromatic hydroxyl groups is 1. The number of pyridine rings is 1. The molecule has 1 atom stereocenters. The molecule has 4 rings (SSSR count). The Morgan fingerprint density at radius 3 is 2.81 bits per heavy atom. The Hall–Kier alpha value is -3.09. The molecule has 2 aliphatic rings. The molecule has 0 saturated heterocycles. The average molecular weight is 368 g/mol. The lowest BCUT2D eigenvalue weighted by atomic mass is 9.72. The van der Waals surface area contributed by atoms with Gasteiger partial charge in [0.2, 0.25) is 0 Å². The van der Waals surface area contributed by atoms with E-state index in [-0.39, 0.29) is 24.6 Å². The molecule has 2 aromatic rings. The highest BCUT2D eigenvalue weighted by Gasteiger charge is 2.55. The van der Waals surface area contributed by atoms with Crippen molar-refractivity contribution in [3.63, 3.8) is 0 Å². The number of aromatic nitrogens is 1. The maximum atomic E-state index is 13.2. The number of carboxylic acids is 1. The fourth-order valence-corrected chi connectivity index (χ4v) is 4.34. The summed E-state index contributed by atoms with van der Waals surface area (Å²) < 4.78 is 5.17. The zero-order chi connectivity index (χ0) is 19.3. The molecule has 0 spiro atoms. The van der Waals surface area contributed by atoms with E-state index in [0.717, 1.165) is 16.7 Å². The number of aryl methyl sites for hydroxylation is 1. The van der Waals surface area contributed by atoms with Crippen LogP contribution in [0.5, 0.6) is 11.5 Å². The lowest BCUT2D eigenvalue weighted by Gasteiger charge is -2.48. The Bertz CT molecular complexity index is 971. The largest absolute Gasteiger partial charge is 0.504 e. The van der Waals surface area contributed by atoms with E-state index in [1.165, 1.54) is 24.3 Å². The molecule has 0 saturated carbocycles. The minimum atomic E-state index is -1.55. The van der Waals surface area contributed by atoms with Gasteiger partial charge in [-0.2, -0.15) is 0 Å². The summed E-state index contributed by atoms with van der Waals surface area (Å²) in [6.45, 7) is 2.23. The van der Waals surface area contributed by atoms with Crippen molar-refractivity contribution in [1.82, 2.24) is 9.88 Å². The van der Waals surface area contributed by atoms with Crippen LogP contribution in [0.1, 0.15) is 39.5 Å². The fraction of sp³-hybridized carbons (Fsp3) is 0.350. The van der Waals surface area contributed by atoms with Gasteiger partial charge in [-0.3, -0.25) is 9.78 Å². The summed E-state index contributed by atoms with van der Waals surface area (Å²) in [6, 6.07) is 3.10. The molecular formula is C20H20N2O5. The predicted octanol–water partition coefficient (Wildman–Crippen LogP) is 1.89. The molecule has 27 heavy (non-hydrogen) atoms. The van der Waals surface area contributed by atoms with E-state index < -0.39 is 11.5 Å². The molecule has 0 radical (unpaired) electrons. The Labute approximate surface area is 156 Å². The molecule has 0 bridgehead atoms. The zero-order valence-electron chi connectivity index (χ0n) is 15.2. The first-order chi connectivity index (χ1) is 12.9. The second-order valence-corrected chi connectivity index (χ2v) is 6.91. The predicted molar refractivity (Wildman–Crippen MR) is 96.0 cm³/mol. The summed E-state index contributed by atoms with van der Waals surface area (Å²) in [5.74, 6) is -1.28. The first kappa shape index (κ1) is 17.3. The summed E-state index contributed by atoms with van der Waals surface area (Å²) in [5.41, 5.74) is 1.72. The highest BCUT2D eigenvalue weighted by molar-refractivity contribution is 6.02. The molecule has 3 heterocycles. The molecular weight excluding hydrogens is 348 g/mol. The van der Waals surface area contributed by atoms with E-state index >= 15 is 0 Å². The van der Waals surface area contributed by atoms with E-state index in [9.17, 15) is 19.8 Å². The van der Waals surface area contributed by atoms with Crippen LogP contribution in [-0.4, -0.2) is 45.6 Å². The van der Waals surface area contributed by atoms with Crippen LogP contribution in [0.3, 0.4) is 0 Å². The van der Waals surface area contributed by atoms with Crippen LogP contribution in [-0.2, 0) is 29.6 Å². The Morgan fingerprint density at radius 2 is 2.15 bits per heavy atom. The maximum absolute atomic E-state index is 13.2. The van der Waals surface area contributed by atoms with Gasteiger partial charge in [0.1, 0.15) is 0 Å². The monoisotopic (exact) mass is 368 g/mol. The van der Waals surface area contributed by atoms with Gasteiger partial charge in [0.15, 0.2) is 17.0 Å². The van der Waals surface area contributed by atoms with E-state index in [1.54, 1.807) is 12.3 Å². The van der Waals surface area contributed by atoms with Crippen LogP contribution in [0, 0.1) is 0 Å². The number of phenols is 1. The second kappa shape index (κ2) is 5.97. The third-order valence-corrected chi connectivity index (χ3v) is 5.71. The molecule has 1 amide bonds. The molecule has 7 heteroatoms. The Morgan fingerprint density at radius 1 is 1.37 bits per heavy atom. The lowest BCUT2D eigenvalue weighted by Crippen LogP contribution is -2.61. The van der Waals surface area contributed by atoms with Crippen LogP contribution in [0.25, 0.3) is 0 Å². The summed E-state index contributed by atoms with van der Waals surface area (Å²) in [7, 11) is 1.45. The van der Waals surface area contributed by atoms with Gasteiger partial charge in [-0.05, 0) is 47.2 Å². The number of rotatable bonds is 3. The van der Waals surface area contributed by atoms with E-state index in [1.807, 2.05) is 6.92 Å². The Kier molecular flexibility index (Phi) is 3.83. The number of carbonyl (C=O) groups excluding carboxylic acids is 1. The molecule has 2 aliphatic heterocycles. The second-order valence-electron chi connectivity index (χ2n) is 6.91. The zero-order valence-corrected chi connectivity index (χ0v) is 15.2. The van der Waals surface area contributed by atoms with Crippen LogP contribution >= 0.6 is 0 Å². The fourth-order valence-electron chi connectivity index (χ4n) is 4.34. The van der Waals surface area contributed by atoms with Gasteiger partial charge in [0, 0.05) is 25.4 Å². The number of nitrogens with zero attached hydrogens (tertiary/aromatic N) is 2. The SMILES string of the molecule is CCc1cncc2c1CC1(C(=O)O)c3cc(O)c(OC)cc3CCN1C2=O. The number of aliphatic carboxylic acids is 1. The van der Waals surface area contributed by atoms with Crippen molar-refractivity contribution in [2.24, 2.45) is 0 Å². The van der Waals surface area contributed by atoms with Gasteiger partial charge in [-0.25, -0.2) is 4.79 Å². The number of benzene rings is 1. The summed E-state index contributed by atoms with van der Waals surface area (Å²) in [4.78, 5) is 31.3. The first-order valence-corrected chi connectivity index (χ1v) is 8.85. The van der Waals surface area contributed by atoms with Gasteiger partial charge in [-0.1, -0.05) is 6.92 Å². The molecule has 1 aromatic carbocycles. The van der Waals surface area contributed by atoms with Crippen molar-refractivity contribution < 1.29 is 24.5 Å². The number of methoxy groups -OCH3 is 1. The number of ether oxygens (including phenoxy) is 1. The summed E-state index contributed by atoms with van der Waals surface area (Å²) >= 11 is 0. The lowest BCUT2D eigenvalue weighted by molar-refractivity contribution is -0.151. The molecule has 140 valence electrons. The van der Waals surface area contributed by atoms with Crippen molar-refractivity contribution in [2.45, 2.75) is 31.7 Å². The highest BCUT2D eigenvalue weighted by atomic mass is 16.5. The van der Waals surface area contributed by atoms with Gasteiger partial charge < -0.3 is 19.8 Å². The normalized spacial score (nSPS) is 20.5. The molecule has 1 aromatic heterocycles. The van der Waals surface area contributed by atoms with Gasteiger partial charge in [-0.15, -0.1) is 0 Å². The first-order valence-electron chi connectivity index (χ1n) is 8.85. The molecule has 7 nitrogen and oxygen atoms in total. The van der Waals surface area contributed by atoms with Crippen LogP contribution in [0.15, 0.2) is 24.5 Å². The molecule has 1 unspecified atom stereocenters. The number of hydrogen-bond acceptors (Lipinski definition) is 5. The van der Waals surface area contributed by atoms with Gasteiger partial charge in [0.05, 0.1) is 12.7 Å². The van der Waals surface area contributed by atoms with E-state index in [2.05, 4.69) is 4.98 Å². The van der Waals surface area contributed by atoms with Gasteiger partial charge >= 0.3 is 5.97 Å². The Balaban J connectivity index is 2.00. The van der Waals surface area contributed by atoms with Crippen LogP contribution in [0.2, 0.25) is 0 Å². The summed E-state index contributed by atoms with van der Waals surface area (Å²) in [5, 5.41) is 20.6. The van der Waals surface area contributed by atoms with Crippen molar-refractivity contribution in [2.75, 3.05) is 13.7 Å². The average Bonchev–Trinajstić information content (AvgIpc) is 2.67. The quantitative estimate of drug-likeness (QED) is 0.858. The minimum absolute atomic E-state index is 0.137. The minimum Gasteiger partial charge on any atom is -0.504 e. The van der Waals surface area contributed by atoms with Crippen molar-refractivity contribution >= 4 is 11.9 Å². The van der Waals surface area contributed by atoms with E-state index in [0.29, 0.717) is 29.7 Å². The highest BCUT2D eigenvalue weighted by Crippen LogP contribution is 2.46. The topological polar surface area (TPSA) is 100.0 Å². The van der Waals surface area contributed by atoms with Crippen molar-refractivity contribution in [1.29, 1.82) is 0 Å². The number of fused-ring (bicyclic) bond motifs is 4. The van der Waals surface area contributed by atoms with E-state index in [4.69, 9.17) is 4.74 Å². The van der Waals surface area contributed by atoms with Crippen LogP contribution in [0.4, 0.5) is 0 Å². The third-order valence-electron chi connectivity index (χ3n) is 5.71. The molecule has 0 aliphatic carbocycles. The maximum Gasteiger partial charge on any atom is 0.334 e. The number of phenolic OH excluding ortho intramolecular Hbond substituents is 1. The summed E-state index contributed by atoms with van der Waals surface area (Å²) in [6.07, 6.45) is 4.49. The van der Waals surface area contributed by atoms with Crippen LogP contribution < -0.4 is 4.74 Å². The third kappa shape index (κ3) is 2.24. The standard InChI is InChI=1S/C20H20N2O5/c1-3-11-9-21-10-14-13(11)8-20(19(25)26)15-7-16(23)17(27-2)6-12(15)4-5-22(20)18(14)24/h6-7,9-10,23H,3-5,8H2,1-2H3,(H,25,26). The van der Waals surface area contributed by atoms with Crippen molar-refractivity contribution in [3.05, 3.63) is 52.3 Å². The molecule has 2 N–H and O–H groups in total. The number of amides is 1. The number of carbonyl (C=O) groups is 2. The van der Waals surface area contributed by atoms with Crippen molar-refractivity contribution in [3.8, 4) is 11.5 Å². The smallest absolute Gasteiger partial charge is 0.334 e.